The summed E-state index contributed by atoms with van der Waals surface area (Å²) in [6.07, 6.45) is 7.99. The highest BCUT2D eigenvalue weighted by molar-refractivity contribution is 5.94. The van der Waals surface area contributed by atoms with Gasteiger partial charge >= 0.3 is 12.1 Å². The number of rotatable bonds is 7. The number of amides is 1. The molecule has 3 fully saturated rings. The Kier molecular flexibility index (Phi) is 9.76. The number of aromatic nitrogens is 4. The molecule has 6 heterocycles. The van der Waals surface area contributed by atoms with Gasteiger partial charge in [0.05, 0.1) is 48.2 Å². The summed E-state index contributed by atoms with van der Waals surface area (Å²) in [5.74, 6) is 0.841. The third kappa shape index (κ3) is 7.05. The Morgan fingerprint density at radius 3 is 2.66 bits per heavy atom. The van der Waals surface area contributed by atoms with Gasteiger partial charge in [-0.05, 0) is 91.4 Å². The molecule has 0 N–H and O–H groups in total. The lowest BCUT2D eigenvalue weighted by Gasteiger charge is -2.42. The van der Waals surface area contributed by atoms with E-state index in [-0.39, 0.29) is 24.8 Å². The van der Waals surface area contributed by atoms with E-state index >= 15 is 0 Å². The predicted molar refractivity (Wildman–Crippen MR) is 190 cm³/mol. The lowest BCUT2D eigenvalue weighted by molar-refractivity contribution is -0.0366. The number of piperazine rings is 1. The molecule has 0 aliphatic carbocycles. The quantitative estimate of drug-likeness (QED) is 0.326. The number of anilines is 2. The van der Waals surface area contributed by atoms with Gasteiger partial charge in [0, 0.05) is 49.8 Å². The first kappa shape index (κ1) is 34.3. The minimum atomic E-state index is -0.617. The number of hydrogen-bond donors (Lipinski definition) is 0. The molecule has 50 heavy (non-hydrogen) atoms. The van der Waals surface area contributed by atoms with E-state index in [1.54, 1.807) is 4.90 Å². The van der Waals surface area contributed by atoms with Crippen LogP contribution >= 0.6 is 0 Å². The van der Waals surface area contributed by atoms with Crippen LogP contribution in [0, 0.1) is 18.3 Å². The molecule has 13 heteroatoms. The molecule has 13 nitrogen and oxygen atoms in total. The van der Waals surface area contributed by atoms with E-state index in [4.69, 9.17) is 29.3 Å². The topological polar surface area (TPSA) is 125 Å². The summed E-state index contributed by atoms with van der Waals surface area (Å²) in [6, 6.07) is 7.03. The van der Waals surface area contributed by atoms with E-state index in [0.29, 0.717) is 44.8 Å². The molecule has 3 aromatic rings. The number of hydrogen-bond acceptors (Lipinski definition) is 11. The molecule has 0 bridgehead atoms. The molecule has 0 spiro atoms. The zero-order valence-corrected chi connectivity index (χ0v) is 30.2. The normalized spacial score (nSPS) is 23.2. The SMILES string of the molecule is Cc1ccc2c(cnn2C2CCCCO2)c1N1CCc2c(nc(OCC3CCCN3C)nc2N2CCN(C(=O)OC(C)(C)C)C(CC#N)C2)C1. The minimum Gasteiger partial charge on any atom is -0.462 e. The van der Waals surface area contributed by atoms with Gasteiger partial charge in [0.1, 0.15) is 18.0 Å². The summed E-state index contributed by atoms with van der Waals surface area (Å²) in [6.45, 7) is 13.0. The number of benzene rings is 1. The Bertz CT molecular complexity index is 1740. The molecule has 1 aromatic carbocycles. The fourth-order valence-electron chi connectivity index (χ4n) is 7.94. The van der Waals surface area contributed by atoms with E-state index in [2.05, 4.69) is 51.6 Å². The minimum absolute atomic E-state index is 0.0338. The van der Waals surface area contributed by atoms with Crippen molar-refractivity contribution in [2.75, 3.05) is 62.8 Å². The number of nitrogens with zero attached hydrogens (tertiary/aromatic N) is 9. The summed E-state index contributed by atoms with van der Waals surface area (Å²) < 4.78 is 20.3. The average Bonchev–Trinajstić information content (AvgIpc) is 3.72. The van der Waals surface area contributed by atoms with Crippen LogP contribution < -0.4 is 14.5 Å². The largest absolute Gasteiger partial charge is 0.462 e. The number of carbonyl (C=O) groups excluding carboxylic acids is 1. The molecule has 3 unspecified atom stereocenters. The molecule has 0 saturated carbocycles. The van der Waals surface area contributed by atoms with E-state index in [9.17, 15) is 10.1 Å². The standard InChI is InChI=1S/C37H51N9O4/c1-25-11-12-31-29(21-39-46(31)32-10-6-7-20-48-32)33(25)43-17-14-28-30(23-43)40-35(49-24-27-9-8-16-42(27)5)41-34(28)44-18-19-45(26(22-44)13-15-38)36(47)50-37(2,3)4/h11-12,21,26-27,32H,6-10,13-14,16-20,22-24H2,1-5H3. The third-order valence-electron chi connectivity index (χ3n) is 10.5. The van der Waals surface area contributed by atoms with Gasteiger partial charge < -0.3 is 33.8 Å². The molecule has 268 valence electrons. The molecular weight excluding hydrogens is 634 g/mol. The monoisotopic (exact) mass is 685 g/mol. The van der Waals surface area contributed by atoms with Gasteiger partial charge in [0.25, 0.3) is 0 Å². The Morgan fingerprint density at radius 1 is 1.06 bits per heavy atom. The maximum atomic E-state index is 13.2. The second kappa shape index (κ2) is 14.2. The second-order valence-electron chi connectivity index (χ2n) is 15.2. The maximum Gasteiger partial charge on any atom is 0.410 e. The first-order chi connectivity index (χ1) is 24.1. The van der Waals surface area contributed by atoms with Crippen molar-refractivity contribution in [3.8, 4) is 12.1 Å². The second-order valence-corrected chi connectivity index (χ2v) is 15.2. The van der Waals surface area contributed by atoms with Crippen molar-refractivity contribution >= 4 is 28.5 Å². The average molecular weight is 686 g/mol. The van der Waals surface area contributed by atoms with Crippen LogP contribution in [0.3, 0.4) is 0 Å². The van der Waals surface area contributed by atoms with Crippen molar-refractivity contribution in [1.82, 2.24) is 29.5 Å². The molecule has 7 rings (SSSR count). The summed E-state index contributed by atoms with van der Waals surface area (Å²) in [7, 11) is 2.14. The highest BCUT2D eigenvalue weighted by Gasteiger charge is 2.36. The van der Waals surface area contributed by atoms with Gasteiger partial charge in [-0.25, -0.2) is 9.48 Å². The number of fused-ring (bicyclic) bond motifs is 2. The van der Waals surface area contributed by atoms with Crippen LogP contribution in [-0.2, 0) is 22.4 Å². The molecule has 4 aliphatic heterocycles. The predicted octanol–water partition coefficient (Wildman–Crippen LogP) is 5.21. The van der Waals surface area contributed by atoms with Crippen molar-refractivity contribution in [3.63, 3.8) is 0 Å². The molecular formula is C37H51N9O4. The number of carbonyl (C=O) groups is 1. The van der Waals surface area contributed by atoms with Crippen LogP contribution in [0.4, 0.5) is 16.3 Å². The summed E-state index contributed by atoms with van der Waals surface area (Å²) in [5.41, 5.74) is 4.88. The van der Waals surface area contributed by atoms with Crippen LogP contribution in [0.2, 0.25) is 0 Å². The highest BCUT2D eigenvalue weighted by Crippen LogP contribution is 2.38. The van der Waals surface area contributed by atoms with Gasteiger partial charge in [0.2, 0.25) is 0 Å². The van der Waals surface area contributed by atoms with Crippen LogP contribution in [-0.4, -0.2) is 106 Å². The van der Waals surface area contributed by atoms with Crippen molar-refractivity contribution in [2.24, 2.45) is 0 Å². The van der Waals surface area contributed by atoms with Crippen LogP contribution in [0.25, 0.3) is 10.9 Å². The Morgan fingerprint density at radius 2 is 1.92 bits per heavy atom. The van der Waals surface area contributed by atoms with Crippen molar-refractivity contribution in [3.05, 3.63) is 35.2 Å². The van der Waals surface area contributed by atoms with Crippen LogP contribution in [0.15, 0.2) is 18.3 Å². The van der Waals surface area contributed by atoms with E-state index in [1.807, 2.05) is 27.0 Å². The van der Waals surface area contributed by atoms with Crippen molar-refractivity contribution in [1.29, 1.82) is 5.26 Å². The Labute approximate surface area is 295 Å². The smallest absolute Gasteiger partial charge is 0.410 e. The summed E-state index contributed by atoms with van der Waals surface area (Å²) in [4.78, 5) is 31.9. The number of nitriles is 1. The molecule has 3 atom stereocenters. The number of likely N-dealkylation sites (tertiary alicyclic amines) is 1. The number of likely N-dealkylation sites (N-methyl/N-ethyl adjacent to an activating group) is 1. The maximum absolute atomic E-state index is 13.2. The van der Waals surface area contributed by atoms with Crippen molar-refractivity contribution in [2.45, 2.75) is 103 Å². The Balaban J connectivity index is 1.20. The zero-order chi connectivity index (χ0) is 35.0. The van der Waals surface area contributed by atoms with Crippen LogP contribution in [0.5, 0.6) is 6.01 Å². The molecule has 1 amide bonds. The third-order valence-corrected chi connectivity index (χ3v) is 10.5. The summed E-state index contributed by atoms with van der Waals surface area (Å²) >= 11 is 0. The van der Waals surface area contributed by atoms with Gasteiger partial charge in [-0.2, -0.15) is 20.3 Å². The molecule has 0 radical (unpaired) electrons. The van der Waals surface area contributed by atoms with E-state index in [1.165, 1.54) is 11.3 Å². The molecule has 3 saturated heterocycles. The molecule has 2 aromatic heterocycles. The van der Waals surface area contributed by atoms with Crippen molar-refractivity contribution < 1.29 is 19.0 Å². The first-order valence-corrected chi connectivity index (χ1v) is 18.3. The van der Waals surface area contributed by atoms with E-state index in [0.717, 1.165) is 86.2 Å². The van der Waals surface area contributed by atoms with Gasteiger partial charge in [-0.15, -0.1) is 0 Å². The lowest BCUT2D eigenvalue weighted by atomic mass is 10.0. The fourth-order valence-corrected chi connectivity index (χ4v) is 7.94. The number of aryl methyl sites for hydroxylation is 1. The van der Waals surface area contributed by atoms with Crippen LogP contribution in [0.1, 0.15) is 82.3 Å². The van der Waals surface area contributed by atoms with Gasteiger partial charge in [-0.3, -0.25) is 0 Å². The Hall–Kier alpha value is -4.15. The van der Waals surface area contributed by atoms with E-state index < -0.39 is 5.60 Å². The zero-order valence-electron chi connectivity index (χ0n) is 30.2. The molecule has 4 aliphatic rings. The highest BCUT2D eigenvalue weighted by atomic mass is 16.6. The first-order valence-electron chi connectivity index (χ1n) is 18.3. The van der Waals surface area contributed by atoms with Gasteiger partial charge in [-0.1, -0.05) is 6.07 Å². The van der Waals surface area contributed by atoms with Gasteiger partial charge in [0.15, 0.2) is 6.23 Å². The summed E-state index contributed by atoms with van der Waals surface area (Å²) in [5, 5.41) is 15.7. The fraction of sp³-hybridized carbons (Fsp3) is 0.649. The number of ether oxygens (including phenoxy) is 3. The lowest BCUT2D eigenvalue weighted by Crippen LogP contribution is -2.56.